The van der Waals surface area contributed by atoms with Gasteiger partial charge < -0.3 is 4.90 Å². The van der Waals surface area contributed by atoms with Crippen LogP contribution in [0.25, 0.3) is 0 Å². The molecule has 0 aromatic heterocycles. The van der Waals surface area contributed by atoms with Crippen molar-refractivity contribution in [2.75, 3.05) is 20.1 Å². The maximum absolute atomic E-state index is 4.32. The summed E-state index contributed by atoms with van der Waals surface area (Å²) in [5, 5.41) is 0. The lowest BCUT2D eigenvalue weighted by molar-refractivity contribution is 0.361. The van der Waals surface area contributed by atoms with E-state index in [0.717, 1.165) is 24.4 Å². The Morgan fingerprint density at radius 3 is 3.08 bits per heavy atom. The fourth-order valence-corrected chi connectivity index (χ4v) is 1.46. The van der Waals surface area contributed by atoms with Gasteiger partial charge in [-0.1, -0.05) is 6.08 Å². The zero-order chi connectivity index (χ0) is 8.97. The van der Waals surface area contributed by atoms with E-state index in [9.17, 15) is 0 Å². The van der Waals surface area contributed by atoms with Crippen LogP contribution < -0.4 is 0 Å². The Hall–Kier alpha value is -0.540. The van der Waals surface area contributed by atoms with Crippen LogP contribution in [0.4, 0.5) is 0 Å². The van der Waals surface area contributed by atoms with E-state index >= 15 is 0 Å². The van der Waals surface area contributed by atoms with E-state index in [1.54, 1.807) is 6.20 Å². The molecule has 0 fully saturated rings. The van der Waals surface area contributed by atoms with Crippen molar-refractivity contribution in [1.82, 2.24) is 4.90 Å². The van der Waals surface area contributed by atoms with Gasteiger partial charge in [0, 0.05) is 24.2 Å². The van der Waals surface area contributed by atoms with E-state index in [-0.39, 0.29) is 0 Å². The molecule has 0 atom stereocenters. The van der Waals surface area contributed by atoms with Crippen LogP contribution in [0.2, 0.25) is 0 Å². The van der Waals surface area contributed by atoms with Gasteiger partial charge in [0.25, 0.3) is 0 Å². The number of nitrogens with zero attached hydrogens (tertiary/aromatic N) is 2. The molecule has 1 aliphatic rings. The number of hydrogen-bond acceptors (Lipinski definition) is 3. The molecule has 0 bridgehead atoms. The molecule has 66 valence electrons. The highest BCUT2D eigenvalue weighted by Crippen LogP contribution is 2.20. The van der Waals surface area contributed by atoms with Gasteiger partial charge in [0.15, 0.2) is 0 Å². The molecule has 3 heteroatoms. The summed E-state index contributed by atoms with van der Waals surface area (Å²) in [5.41, 5.74) is 1.28. The summed E-state index contributed by atoms with van der Waals surface area (Å²) in [6.07, 6.45) is 4.94. The fourth-order valence-electron chi connectivity index (χ4n) is 1.17. The Kier molecular flexibility index (Phi) is 3.56. The lowest BCUT2D eigenvalue weighted by Gasteiger charge is -2.21. The van der Waals surface area contributed by atoms with E-state index in [0.29, 0.717) is 0 Å². The summed E-state index contributed by atoms with van der Waals surface area (Å²) in [4.78, 5) is 6.90. The van der Waals surface area contributed by atoms with Crippen LogP contribution >= 0.6 is 12.6 Å². The number of thiol groups is 1. The van der Waals surface area contributed by atoms with Crippen molar-refractivity contribution in [3.05, 3.63) is 22.8 Å². The molecule has 0 aromatic carbocycles. The molecule has 2 nitrogen and oxygen atoms in total. The lowest BCUT2D eigenvalue weighted by atomic mass is 10.1. The predicted molar refractivity (Wildman–Crippen MR) is 56.8 cm³/mol. The van der Waals surface area contributed by atoms with Crippen molar-refractivity contribution in [2.24, 2.45) is 4.99 Å². The molecule has 0 unspecified atom stereocenters. The SMILES string of the molecule is C=N/C=C(\S)C1=CCN(C)CC1. The van der Waals surface area contributed by atoms with Crippen molar-refractivity contribution in [3.63, 3.8) is 0 Å². The molecular weight excluding hydrogens is 168 g/mol. The fraction of sp³-hybridized carbons (Fsp3) is 0.444. The summed E-state index contributed by atoms with van der Waals surface area (Å²) in [5.74, 6) is 0. The van der Waals surface area contributed by atoms with E-state index in [2.05, 4.69) is 42.4 Å². The number of allylic oxidation sites excluding steroid dienone is 1. The highest BCUT2D eigenvalue weighted by Gasteiger charge is 2.08. The third-order valence-electron chi connectivity index (χ3n) is 1.95. The molecule has 1 rings (SSSR count). The molecule has 1 heterocycles. The lowest BCUT2D eigenvalue weighted by Crippen LogP contribution is -2.24. The summed E-state index contributed by atoms with van der Waals surface area (Å²) >= 11 is 4.32. The third-order valence-corrected chi connectivity index (χ3v) is 2.36. The minimum Gasteiger partial charge on any atom is -0.302 e. The summed E-state index contributed by atoms with van der Waals surface area (Å²) in [6.45, 7) is 5.50. The smallest absolute Gasteiger partial charge is 0.0396 e. The van der Waals surface area contributed by atoms with Gasteiger partial charge in [0.1, 0.15) is 0 Å². The summed E-state index contributed by atoms with van der Waals surface area (Å²) in [7, 11) is 2.11. The van der Waals surface area contributed by atoms with E-state index in [4.69, 9.17) is 0 Å². The van der Waals surface area contributed by atoms with Crippen LogP contribution in [0.5, 0.6) is 0 Å². The van der Waals surface area contributed by atoms with E-state index in [1.807, 2.05) is 0 Å². The molecule has 0 radical (unpaired) electrons. The quantitative estimate of drug-likeness (QED) is 0.508. The normalized spacial score (nSPS) is 20.5. The van der Waals surface area contributed by atoms with E-state index < -0.39 is 0 Å². The summed E-state index contributed by atoms with van der Waals surface area (Å²) < 4.78 is 0. The minimum absolute atomic E-state index is 0.943. The zero-order valence-electron chi connectivity index (χ0n) is 7.32. The second-order valence-corrected chi connectivity index (χ2v) is 3.42. The Balaban J connectivity index is 2.64. The molecule has 0 amide bonds. The van der Waals surface area contributed by atoms with Crippen LogP contribution in [0.15, 0.2) is 27.7 Å². The van der Waals surface area contributed by atoms with Gasteiger partial charge in [-0.05, 0) is 25.8 Å². The Morgan fingerprint density at radius 1 is 1.83 bits per heavy atom. The zero-order valence-corrected chi connectivity index (χ0v) is 8.22. The van der Waals surface area contributed by atoms with E-state index in [1.165, 1.54) is 5.57 Å². The van der Waals surface area contributed by atoms with Gasteiger partial charge in [0.05, 0.1) is 0 Å². The predicted octanol–water partition coefficient (Wildman–Crippen LogP) is 1.72. The second kappa shape index (κ2) is 4.48. The highest BCUT2D eigenvalue weighted by atomic mass is 32.1. The molecule has 0 aliphatic carbocycles. The first-order chi connectivity index (χ1) is 5.74. The van der Waals surface area contributed by atoms with Gasteiger partial charge in [-0.15, -0.1) is 12.6 Å². The van der Waals surface area contributed by atoms with Crippen LogP contribution in [-0.4, -0.2) is 31.8 Å². The molecule has 0 N–H and O–H groups in total. The van der Waals surface area contributed by atoms with Gasteiger partial charge in [-0.25, -0.2) is 0 Å². The molecule has 0 spiro atoms. The van der Waals surface area contributed by atoms with Crippen molar-refractivity contribution >= 4 is 19.3 Å². The molecule has 12 heavy (non-hydrogen) atoms. The molecule has 0 saturated heterocycles. The topological polar surface area (TPSA) is 15.6 Å². The van der Waals surface area contributed by atoms with Crippen molar-refractivity contribution < 1.29 is 0 Å². The van der Waals surface area contributed by atoms with Gasteiger partial charge in [0.2, 0.25) is 0 Å². The number of hydrogen-bond donors (Lipinski definition) is 1. The minimum atomic E-state index is 0.943. The standard InChI is InChI=1S/C9H14N2S/c1-10-7-9(12)8-3-5-11(2)6-4-8/h3,7,12H,1,4-6H2,2H3/b9-7-. The number of rotatable bonds is 2. The first-order valence-corrected chi connectivity index (χ1v) is 4.41. The molecular formula is C9H14N2S. The molecule has 0 saturated carbocycles. The van der Waals surface area contributed by atoms with Crippen LogP contribution in [-0.2, 0) is 0 Å². The first kappa shape index (κ1) is 9.55. The van der Waals surface area contributed by atoms with Crippen molar-refractivity contribution in [3.8, 4) is 0 Å². The Bertz CT molecular complexity index is 231. The Morgan fingerprint density at radius 2 is 2.58 bits per heavy atom. The maximum Gasteiger partial charge on any atom is 0.0396 e. The van der Waals surface area contributed by atoms with Crippen LogP contribution in [0.1, 0.15) is 6.42 Å². The highest BCUT2D eigenvalue weighted by molar-refractivity contribution is 7.84. The molecule has 0 aromatic rings. The maximum atomic E-state index is 4.32. The van der Waals surface area contributed by atoms with Gasteiger partial charge >= 0.3 is 0 Å². The first-order valence-electron chi connectivity index (χ1n) is 3.97. The molecule has 1 aliphatic heterocycles. The largest absolute Gasteiger partial charge is 0.302 e. The van der Waals surface area contributed by atoms with Gasteiger partial charge in [-0.2, -0.15) is 0 Å². The number of likely N-dealkylation sites (N-methyl/N-ethyl adjacent to an activating group) is 1. The average Bonchev–Trinajstić information content (AvgIpc) is 2.06. The van der Waals surface area contributed by atoms with Crippen molar-refractivity contribution in [1.29, 1.82) is 0 Å². The third kappa shape index (κ3) is 2.50. The average molecular weight is 182 g/mol. The number of aliphatic imine (C=N–C) groups is 1. The Labute approximate surface area is 79.1 Å². The second-order valence-electron chi connectivity index (χ2n) is 2.94. The monoisotopic (exact) mass is 182 g/mol. The van der Waals surface area contributed by atoms with Gasteiger partial charge in [-0.3, -0.25) is 4.99 Å². The van der Waals surface area contributed by atoms with Crippen molar-refractivity contribution in [2.45, 2.75) is 6.42 Å². The van der Waals surface area contributed by atoms with Crippen LogP contribution in [0.3, 0.4) is 0 Å². The van der Waals surface area contributed by atoms with Crippen LogP contribution in [0, 0.1) is 0 Å². The summed E-state index contributed by atoms with van der Waals surface area (Å²) in [6, 6.07) is 0.